The molecular weight excluding hydrogens is 338 g/mol. The summed E-state index contributed by atoms with van der Waals surface area (Å²) in [6.45, 7) is 7.25. The van der Waals surface area contributed by atoms with E-state index >= 15 is 0 Å². The van der Waals surface area contributed by atoms with E-state index in [2.05, 4.69) is 56.1 Å². The fraction of sp³-hybridized carbons (Fsp3) is 0.348. The van der Waals surface area contributed by atoms with E-state index in [1.807, 2.05) is 18.3 Å². The lowest BCUT2D eigenvalue weighted by Gasteiger charge is -2.19. The molecule has 0 amide bonds. The number of H-pyrrole nitrogens is 1. The molecule has 4 heteroatoms. The van der Waals surface area contributed by atoms with Gasteiger partial charge in [0.1, 0.15) is 5.75 Å². The van der Waals surface area contributed by atoms with Crippen molar-refractivity contribution in [2.45, 2.75) is 33.6 Å². The highest BCUT2D eigenvalue weighted by Gasteiger charge is 2.13. The summed E-state index contributed by atoms with van der Waals surface area (Å²) in [6.07, 6.45) is 2.57. The second-order valence-electron chi connectivity index (χ2n) is 7.54. The second kappa shape index (κ2) is 8.30. The highest BCUT2D eigenvalue weighted by Crippen LogP contribution is 2.34. The number of aromatic nitrogens is 1. The largest absolute Gasteiger partial charge is 0.493 e. The lowest BCUT2D eigenvalue weighted by molar-refractivity contribution is -0.136. The minimum atomic E-state index is -0.781. The van der Waals surface area contributed by atoms with Crippen LogP contribution in [0.3, 0.4) is 0 Å². The third kappa shape index (κ3) is 4.70. The van der Waals surface area contributed by atoms with Gasteiger partial charge in [-0.1, -0.05) is 32.9 Å². The summed E-state index contributed by atoms with van der Waals surface area (Å²) in [7, 11) is 0. The number of carbonyl (C=O) groups is 1. The van der Waals surface area contributed by atoms with Gasteiger partial charge in [-0.25, -0.2) is 0 Å². The molecule has 0 saturated carbocycles. The van der Waals surface area contributed by atoms with Crippen LogP contribution in [0.15, 0.2) is 48.7 Å². The van der Waals surface area contributed by atoms with E-state index in [1.54, 1.807) is 0 Å². The molecule has 0 aliphatic carbocycles. The van der Waals surface area contributed by atoms with Crippen LogP contribution in [0.5, 0.6) is 5.75 Å². The van der Waals surface area contributed by atoms with Gasteiger partial charge in [0.15, 0.2) is 0 Å². The van der Waals surface area contributed by atoms with Crippen LogP contribution in [0.2, 0.25) is 0 Å². The van der Waals surface area contributed by atoms with Crippen molar-refractivity contribution in [2.75, 3.05) is 6.61 Å². The first-order chi connectivity index (χ1) is 12.9. The Labute approximate surface area is 160 Å². The standard InChI is InChI=1S/C23H27NO3/c1-15(2)16(3)14-27-22-8-4-17(5-9-23(25)26)12-20(22)18-6-7-21-19(13-18)10-11-24-21/h4,6-8,10-13,15-16,24H,5,9,14H2,1-3H3,(H,25,26). The molecule has 27 heavy (non-hydrogen) atoms. The lowest BCUT2D eigenvalue weighted by atomic mass is 9.98. The molecule has 2 aromatic carbocycles. The number of hydrogen-bond acceptors (Lipinski definition) is 2. The molecule has 0 spiro atoms. The molecule has 0 saturated heterocycles. The van der Waals surface area contributed by atoms with Gasteiger partial charge >= 0.3 is 5.97 Å². The van der Waals surface area contributed by atoms with Gasteiger partial charge in [-0.05, 0) is 65.1 Å². The Morgan fingerprint density at radius 2 is 1.93 bits per heavy atom. The van der Waals surface area contributed by atoms with Gasteiger partial charge in [0.2, 0.25) is 0 Å². The van der Waals surface area contributed by atoms with E-state index in [0.29, 0.717) is 24.9 Å². The van der Waals surface area contributed by atoms with Crippen molar-refractivity contribution >= 4 is 16.9 Å². The maximum atomic E-state index is 10.9. The number of ether oxygens (including phenoxy) is 1. The monoisotopic (exact) mass is 365 g/mol. The van der Waals surface area contributed by atoms with E-state index in [1.165, 1.54) is 0 Å². The molecule has 2 N–H and O–H groups in total. The van der Waals surface area contributed by atoms with Crippen LogP contribution in [0.25, 0.3) is 22.0 Å². The Hall–Kier alpha value is -2.75. The number of rotatable bonds is 8. The van der Waals surface area contributed by atoms with Crippen LogP contribution in [0.4, 0.5) is 0 Å². The van der Waals surface area contributed by atoms with Crippen molar-refractivity contribution < 1.29 is 14.6 Å². The summed E-state index contributed by atoms with van der Waals surface area (Å²) < 4.78 is 6.16. The van der Waals surface area contributed by atoms with Crippen LogP contribution in [0.1, 0.15) is 32.8 Å². The van der Waals surface area contributed by atoms with Gasteiger partial charge in [0.05, 0.1) is 6.61 Å². The molecule has 142 valence electrons. The lowest BCUT2D eigenvalue weighted by Crippen LogP contribution is -2.14. The summed E-state index contributed by atoms with van der Waals surface area (Å²) in [5, 5.41) is 10.1. The van der Waals surface area contributed by atoms with Crippen LogP contribution in [-0.2, 0) is 11.2 Å². The zero-order valence-corrected chi connectivity index (χ0v) is 16.2. The van der Waals surface area contributed by atoms with Crippen molar-refractivity contribution in [1.82, 2.24) is 4.98 Å². The molecule has 1 unspecified atom stereocenters. The number of nitrogens with one attached hydrogen (secondary N) is 1. The third-order valence-corrected chi connectivity index (χ3v) is 5.18. The number of carboxylic acids is 1. The van der Waals surface area contributed by atoms with E-state index in [0.717, 1.165) is 33.3 Å². The average Bonchev–Trinajstić information content (AvgIpc) is 3.12. The van der Waals surface area contributed by atoms with Gasteiger partial charge < -0.3 is 14.8 Å². The first kappa shape index (κ1) is 19.0. The number of hydrogen-bond donors (Lipinski definition) is 2. The van der Waals surface area contributed by atoms with Gasteiger partial charge in [0, 0.05) is 23.7 Å². The maximum absolute atomic E-state index is 10.9. The summed E-state index contributed by atoms with van der Waals surface area (Å²) in [4.78, 5) is 14.1. The number of aryl methyl sites for hydroxylation is 1. The molecule has 1 aromatic heterocycles. The van der Waals surface area contributed by atoms with E-state index < -0.39 is 5.97 Å². The van der Waals surface area contributed by atoms with E-state index in [9.17, 15) is 4.79 Å². The number of aliphatic carboxylic acids is 1. The molecule has 0 aliphatic rings. The zero-order valence-electron chi connectivity index (χ0n) is 16.2. The van der Waals surface area contributed by atoms with E-state index in [4.69, 9.17) is 9.84 Å². The first-order valence-corrected chi connectivity index (χ1v) is 9.49. The molecule has 3 aromatic rings. The van der Waals surface area contributed by atoms with Crippen LogP contribution in [0, 0.1) is 11.8 Å². The third-order valence-electron chi connectivity index (χ3n) is 5.18. The van der Waals surface area contributed by atoms with Gasteiger partial charge in [-0.3, -0.25) is 4.79 Å². The molecule has 1 atom stereocenters. The Morgan fingerprint density at radius 1 is 1.11 bits per heavy atom. The normalized spacial score (nSPS) is 12.4. The fourth-order valence-electron chi connectivity index (χ4n) is 2.97. The average molecular weight is 365 g/mol. The fourth-order valence-corrected chi connectivity index (χ4v) is 2.97. The van der Waals surface area contributed by atoms with Crippen LogP contribution >= 0.6 is 0 Å². The summed E-state index contributed by atoms with van der Waals surface area (Å²) >= 11 is 0. The molecule has 0 radical (unpaired) electrons. The van der Waals surface area contributed by atoms with Crippen LogP contribution < -0.4 is 4.74 Å². The minimum Gasteiger partial charge on any atom is -0.493 e. The summed E-state index contributed by atoms with van der Waals surface area (Å²) in [5.74, 6) is 1.07. The number of benzene rings is 2. The SMILES string of the molecule is CC(C)C(C)COc1ccc(CCC(=O)O)cc1-c1ccc2[nH]ccc2c1. The van der Waals surface area contributed by atoms with Crippen molar-refractivity contribution in [3.63, 3.8) is 0 Å². The van der Waals surface area contributed by atoms with Crippen molar-refractivity contribution in [3.05, 3.63) is 54.2 Å². The van der Waals surface area contributed by atoms with Crippen molar-refractivity contribution in [3.8, 4) is 16.9 Å². The molecular formula is C23H27NO3. The first-order valence-electron chi connectivity index (χ1n) is 9.49. The van der Waals surface area contributed by atoms with E-state index in [-0.39, 0.29) is 6.42 Å². The molecule has 0 fully saturated rings. The Balaban J connectivity index is 1.94. The van der Waals surface area contributed by atoms with Gasteiger partial charge in [-0.2, -0.15) is 0 Å². The molecule has 0 bridgehead atoms. The molecule has 4 nitrogen and oxygen atoms in total. The quantitative estimate of drug-likeness (QED) is 0.552. The zero-order chi connectivity index (χ0) is 19.4. The maximum Gasteiger partial charge on any atom is 0.303 e. The van der Waals surface area contributed by atoms with Crippen molar-refractivity contribution in [1.29, 1.82) is 0 Å². The van der Waals surface area contributed by atoms with Crippen molar-refractivity contribution in [2.24, 2.45) is 11.8 Å². The molecule has 0 aliphatic heterocycles. The van der Waals surface area contributed by atoms with Gasteiger partial charge in [-0.15, -0.1) is 0 Å². The molecule has 1 heterocycles. The number of aromatic amines is 1. The molecule has 3 rings (SSSR count). The second-order valence-corrected chi connectivity index (χ2v) is 7.54. The topological polar surface area (TPSA) is 62.3 Å². The highest BCUT2D eigenvalue weighted by molar-refractivity contribution is 5.86. The summed E-state index contributed by atoms with van der Waals surface area (Å²) in [5.41, 5.74) is 4.19. The predicted molar refractivity (Wildman–Crippen MR) is 109 cm³/mol. The highest BCUT2D eigenvalue weighted by atomic mass is 16.5. The Bertz CT molecular complexity index is 926. The Morgan fingerprint density at radius 3 is 2.67 bits per heavy atom. The minimum absolute atomic E-state index is 0.126. The smallest absolute Gasteiger partial charge is 0.303 e. The number of fused-ring (bicyclic) bond motifs is 1. The predicted octanol–water partition coefficient (Wildman–Crippen LogP) is 5.52. The van der Waals surface area contributed by atoms with Gasteiger partial charge in [0.25, 0.3) is 0 Å². The number of carboxylic acid groups (broad SMARTS) is 1. The summed E-state index contributed by atoms with van der Waals surface area (Å²) in [6, 6.07) is 14.3. The Kier molecular flexibility index (Phi) is 5.84. The van der Waals surface area contributed by atoms with Crippen LogP contribution in [-0.4, -0.2) is 22.7 Å².